The van der Waals surface area contributed by atoms with E-state index < -0.39 is 33.9 Å². The van der Waals surface area contributed by atoms with E-state index in [-0.39, 0.29) is 53.2 Å². The highest BCUT2D eigenvalue weighted by Gasteiger charge is 2.44. The molecule has 2 aromatic rings. The quantitative estimate of drug-likeness (QED) is 0.542. The van der Waals surface area contributed by atoms with E-state index in [2.05, 4.69) is 10.6 Å². The van der Waals surface area contributed by atoms with Gasteiger partial charge in [0.1, 0.15) is 5.82 Å². The van der Waals surface area contributed by atoms with Gasteiger partial charge in [-0.25, -0.2) is 17.6 Å². The summed E-state index contributed by atoms with van der Waals surface area (Å²) in [5.41, 5.74) is 5.74. The number of hydrogen-bond donors (Lipinski definition) is 3. The van der Waals surface area contributed by atoms with Crippen LogP contribution >= 0.6 is 23.2 Å². The summed E-state index contributed by atoms with van der Waals surface area (Å²) in [6.45, 7) is 0.313. The predicted octanol–water partition coefficient (Wildman–Crippen LogP) is 2.46. The lowest BCUT2D eigenvalue weighted by Gasteiger charge is -2.41. The first kappa shape index (κ1) is 25.2. The molecule has 0 aliphatic carbocycles. The lowest BCUT2D eigenvalue weighted by molar-refractivity contribution is -0.130. The fraction of sp³-hybridized carbons (Fsp3) is 0.300. The zero-order valence-electron chi connectivity index (χ0n) is 17.3. The van der Waals surface area contributed by atoms with Crippen LogP contribution in [0.1, 0.15) is 6.42 Å². The Hall–Kier alpha value is -2.44. The van der Waals surface area contributed by atoms with Crippen molar-refractivity contribution in [2.75, 3.05) is 31.5 Å². The molecule has 3 amide bonds. The van der Waals surface area contributed by atoms with Crippen LogP contribution in [0.25, 0.3) is 0 Å². The molecule has 1 saturated heterocycles. The molecule has 1 fully saturated rings. The third-order valence-corrected chi connectivity index (χ3v) is 7.47. The summed E-state index contributed by atoms with van der Waals surface area (Å²) in [4.78, 5) is 26.9. The topological polar surface area (TPSA) is 125 Å². The highest BCUT2D eigenvalue weighted by Crippen LogP contribution is 2.29. The van der Waals surface area contributed by atoms with Gasteiger partial charge in [-0.3, -0.25) is 9.69 Å². The van der Waals surface area contributed by atoms with Crippen molar-refractivity contribution in [1.29, 1.82) is 0 Å². The first-order chi connectivity index (χ1) is 15.6. The molecule has 0 saturated carbocycles. The molecule has 1 unspecified atom stereocenters. The third-order valence-electron chi connectivity index (χ3n) is 4.88. The maximum Gasteiger partial charge on any atom is 0.323 e. The Bertz CT molecular complexity index is 1130. The molecular weight excluding hydrogens is 496 g/mol. The van der Waals surface area contributed by atoms with Crippen LogP contribution in [-0.4, -0.2) is 61.9 Å². The minimum atomic E-state index is -4.24. The average molecular weight is 518 g/mol. The van der Waals surface area contributed by atoms with E-state index in [1.165, 1.54) is 30.3 Å². The molecule has 1 aliphatic heterocycles. The average Bonchev–Trinajstić information content (AvgIpc) is 2.80. The summed E-state index contributed by atoms with van der Waals surface area (Å²) < 4.78 is 41.0. The largest absolute Gasteiger partial charge is 0.352 e. The summed E-state index contributed by atoms with van der Waals surface area (Å²) in [7, 11) is -4.24. The number of anilines is 1. The van der Waals surface area contributed by atoms with Gasteiger partial charge in [-0.15, -0.1) is 0 Å². The zero-order valence-corrected chi connectivity index (χ0v) is 19.6. The molecule has 178 valence electrons. The molecule has 1 atom stereocenters. The Morgan fingerprint density at radius 2 is 1.79 bits per heavy atom. The van der Waals surface area contributed by atoms with Crippen LogP contribution in [0.3, 0.4) is 0 Å². The Morgan fingerprint density at radius 1 is 1.09 bits per heavy atom. The van der Waals surface area contributed by atoms with Crippen LogP contribution in [-0.2, 0) is 14.8 Å². The molecule has 9 nitrogen and oxygen atoms in total. The maximum absolute atomic E-state index is 13.4. The number of nitrogens with zero attached hydrogens (tertiary/aromatic N) is 2. The number of sulfonamides is 1. The highest BCUT2D eigenvalue weighted by molar-refractivity contribution is 7.89. The lowest BCUT2D eigenvalue weighted by Crippen LogP contribution is -2.64. The summed E-state index contributed by atoms with van der Waals surface area (Å²) in [5, 5.41) is 5.31. The molecule has 1 heterocycles. The van der Waals surface area contributed by atoms with E-state index in [0.29, 0.717) is 0 Å². The fourth-order valence-electron chi connectivity index (χ4n) is 3.32. The van der Waals surface area contributed by atoms with E-state index in [0.717, 1.165) is 21.3 Å². The molecule has 0 aromatic heterocycles. The van der Waals surface area contributed by atoms with Crippen LogP contribution in [0.4, 0.5) is 14.9 Å². The van der Waals surface area contributed by atoms with Gasteiger partial charge in [0, 0.05) is 31.9 Å². The van der Waals surface area contributed by atoms with Crippen LogP contribution in [0.2, 0.25) is 10.0 Å². The third kappa shape index (κ3) is 5.74. The molecule has 0 radical (unpaired) electrons. The van der Waals surface area contributed by atoms with Gasteiger partial charge in [-0.2, -0.15) is 4.31 Å². The second-order valence-corrected chi connectivity index (χ2v) is 9.83. The Morgan fingerprint density at radius 3 is 2.42 bits per heavy atom. The number of amides is 3. The van der Waals surface area contributed by atoms with Gasteiger partial charge >= 0.3 is 6.03 Å². The summed E-state index contributed by atoms with van der Waals surface area (Å²) >= 11 is 11.9. The number of nitrogens with one attached hydrogen (secondary N) is 2. The second kappa shape index (κ2) is 10.7. The van der Waals surface area contributed by atoms with Crippen LogP contribution in [0.5, 0.6) is 0 Å². The van der Waals surface area contributed by atoms with Gasteiger partial charge in [0.15, 0.2) is 6.17 Å². The minimum absolute atomic E-state index is 0.0103. The van der Waals surface area contributed by atoms with Gasteiger partial charge < -0.3 is 16.4 Å². The molecule has 4 N–H and O–H groups in total. The van der Waals surface area contributed by atoms with Crippen LogP contribution < -0.4 is 16.4 Å². The number of benzene rings is 2. The number of carbonyl (C=O) groups is 2. The SMILES string of the molecule is NCCNC(=O)C1N(C(=O)Nc2ccc(F)cc2)CCCN1S(=O)(=O)c1ccc(Cl)c(Cl)c1. The van der Waals surface area contributed by atoms with Gasteiger partial charge in [0.2, 0.25) is 10.0 Å². The van der Waals surface area contributed by atoms with E-state index in [9.17, 15) is 22.4 Å². The molecule has 33 heavy (non-hydrogen) atoms. The van der Waals surface area contributed by atoms with Crippen molar-refractivity contribution in [3.05, 3.63) is 58.3 Å². The number of halogens is 3. The minimum Gasteiger partial charge on any atom is -0.352 e. The van der Waals surface area contributed by atoms with Gasteiger partial charge in [-0.1, -0.05) is 23.2 Å². The predicted molar refractivity (Wildman–Crippen MR) is 123 cm³/mol. The number of hydrogen-bond acceptors (Lipinski definition) is 5. The molecule has 0 bridgehead atoms. The van der Waals surface area contributed by atoms with Gasteiger partial charge in [0.05, 0.1) is 14.9 Å². The van der Waals surface area contributed by atoms with Crippen molar-refractivity contribution in [2.24, 2.45) is 5.73 Å². The maximum atomic E-state index is 13.4. The Labute approximate surface area is 200 Å². The number of rotatable bonds is 6. The number of urea groups is 1. The van der Waals surface area contributed by atoms with E-state index in [4.69, 9.17) is 28.9 Å². The normalized spacial score (nSPS) is 17.0. The fourth-order valence-corrected chi connectivity index (χ4v) is 5.30. The first-order valence-corrected chi connectivity index (χ1v) is 12.1. The van der Waals surface area contributed by atoms with Crippen molar-refractivity contribution in [1.82, 2.24) is 14.5 Å². The number of carbonyl (C=O) groups excluding carboxylic acids is 2. The zero-order chi connectivity index (χ0) is 24.2. The van der Waals surface area contributed by atoms with Crippen molar-refractivity contribution in [2.45, 2.75) is 17.5 Å². The van der Waals surface area contributed by atoms with E-state index >= 15 is 0 Å². The summed E-state index contributed by atoms with van der Waals surface area (Å²) in [5.74, 6) is -1.19. The van der Waals surface area contributed by atoms with Crippen molar-refractivity contribution in [3.8, 4) is 0 Å². The van der Waals surface area contributed by atoms with Crippen molar-refractivity contribution in [3.63, 3.8) is 0 Å². The monoisotopic (exact) mass is 517 g/mol. The van der Waals surface area contributed by atoms with Gasteiger partial charge in [0.25, 0.3) is 5.91 Å². The molecule has 13 heteroatoms. The second-order valence-electron chi connectivity index (χ2n) is 7.13. The molecular formula is C20H22Cl2FN5O4S. The van der Waals surface area contributed by atoms with Gasteiger partial charge in [-0.05, 0) is 48.9 Å². The standard InChI is InChI=1S/C20H22Cl2FN5O4S/c21-16-7-6-15(12-17(16)22)33(31,32)28-11-1-10-27(19(28)18(29)25-9-8-24)20(30)26-14-4-2-13(23)3-5-14/h2-7,12,19H,1,8-11,24H2,(H,25,29)(H,26,30). The highest BCUT2D eigenvalue weighted by atomic mass is 35.5. The molecule has 1 aliphatic rings. The summed E-state index contributed by atoms with van der Waals surface area (Å²) in [6.07, 6.45) is -1.21. The van der Waals surface area contributed by atoms with Crippen molar-refractivity contribution < 1.29 is 22.4 Å². The smallest absolute Gasteiger partial charge is 0.323 e. The lowest BCUT2D eigenvalue weighted by atomic mass is 10.2. The van der Waals surface area contributed by atoms with Crippen LogP contribution in [0.15, 0.2) is 47.4 Å². The number of nitrogens with two attached hydrogens (primary N) is 1. The van der Waals surface area contributed by atoms with E-state index in [1.807, 2.05) is 0 Å². The Kier molecular flexibility index (Phi) is 8.14. The molecule has 2 aromatic carbocycles. The molecule has 3 rings (SSSR count). The summed E-state index contributed by atoms with van der Waals surface area (Å²) in [6, 6.07) is 8.11. The van der Waals surface area contributed by atoms with Crippen LogP contribution in [0, 0.1) is 5.82 Å². The Balaban J connectivity index is 1.96. The van der Waals surface area contributed by atoms with E-state index in [1.54, 1.807) is 0 Å². The molecule has 0 spiro atoms. The van der Waals surface area contributed by atoms with Crippen molar-refractivity contribution >= 4 is 50.9 Å². The first-order valence-electron chi connectivity index (χ1n) is 9.93.